The molecule has 1 N–H and O–H groups in total. The van der Waals surface area contributed by atoms with Gasteiger partial charge in [-0.2, -0.15) is 0 Å². The molecular formula is C18H14F3N3O. The lowest BCUT2D eigenvalue weighted by Crippen LogP contribution is -2.27. The first kappa shape index (κ1) is 16.8. The van der Waals surface area contributed by atoms with Gasteiger partial charge in [0.05, 0.1) is 12.5 Å². The second-order valence-corrected chi connectivity index (χ2v) is 5.27. The first-order valence-corrected chi connectivity index (χ1v) is 7.52. The quantitative estimate of drug-likeness (QED) is 0.769. The molecule has 128 valence electrons. The van der Waals surface area contributed by atoms with Gasteiger partial charge in [0.15, 0.2) is 11.6 Å². The Bertz CT molecular complexity index is 891. The standard InChI is InChI=1S/C18H14F3N3O/c19-7-8-23-18(25)17-10-22-11-24(17)14-4-1-12(2-5-14)13-3-6-15(20)16(21)9-13/h1-6,9-11H,7-8H2,(H,23,25). The molecule has 0 aliphatic heterocycles. The van der Waals surface area contributed by atoms with Crippen molar-refractivity contribution < 1.29 is 18.0 Å². The Balaban J connectivity index is 1.87. The molecular weight excluding hydrogens is 331 g/mol. The van der Waals surface area contributed by atoms with Crippen LogP contribution in [0.25, 0.3) is 16.8 Å². The SMILES string of the molecule is O=C(NCCF)c1cncn1-c1ccc(-c2ccc(F)c(F)c2)cc1. The van der Waals surface area contributed by atoms with E-state index in [0.717, 1.165) is 12.1 Å². The Kier molecular flexibility index (Phi) is 4.83. The summed E-state index contributed by atoms with van der Waals surface area (Å²) in [5.41, 5.74) is 2.17. The van der Waals surface area contributed by atoms with E-state index in [0.29, 0.717) is 16.8 Å². The molecule has 0 aliphatic rings. The van der Waals surface area contributed by atoms with Gasteiger partial charge >= 0.3 is 0 Å². The minimum atomic E-state index is -0.914. The van der Waals surface area contributed by atoms with Gasteiger partial charge in [0.1, 0.15) is 12.4 Å². The lowest BCUT2D eigenvalue weighted by Gasteiger charge is -2.09. The Labute approximate surface area is 141 Å². The summed E-state index contributed by atoms with van der Waals surface area (Å²) in [6, 6.07) is 10.6. The van der Waals surface area contributed by atoms with Gasteiger partial charge < -0.3 is 5.32 Å². The highest BCUT2D eigenvalue weighted by atomic mass is 19.2. The highest BCUT2D eigenvalue weighted by molar-refractivity contribution is 5.93. The number of halogens is 3. The number of aromatic nitrogens is 2. The van der Waals surface area contributed by atoms with Gasteiger partial charge in [0, 0.05) is 12.2 Å². The first-order chi connectivity index (χ1) is 12.1. The van der Waals surface area contributed by atoms with Crippen molar-refractivity contribution >= 4 is 5.91 Å². The molecule has 0 bridgehead atoms. The van der Waals surface area contributed by atoms with Gasteiger partial charge in [0.2, 0.25) is 0 Å². The molecule has 0 radical (unpaired) electrons. The lowest BCUT2D eigenvalue weighted by molar-refractivity contribution is 0.0944. The van der Waals surface area contributed by atoms with Crippen molar-refractivity contribution in [2.75, 3.05) is 13.2 Å². The molecule has 0 saturated heterocycles. The van der Waals surface area contributed by atoms with Crippen LogP contribution >= 0.6 is 0 Å². The average Bonchev–Trinajstić information content (AvgIpc) is 3.12. The van der Waals surface area contributed by atoms with Crippen LogP contribution in [0, 0.1) is 11.6 Å². The molecule has 2 aromatic carbocycles. The third kappa shape index (κ3) is 3.55. The van der Waals surface area contributed by atoms with E-state index in [1.165, 1.54) is 18.6 Å². The fourth-order valence-corrected chi connectivity index (χ4v) is 2.41. The van der Waals surface area contributed by atoms with Crippen LogP contribution in [0.5, 0.6) is 0 Å². The second-order valence-electron chi connectivity index (χ2n) is 5.27. The van der Waals surface area contributed by atoms with Gasteiger partial charge in [0.25, 0.3) is 5.91 Å². The van der Waals surface area contributed by atoms with E-state index in [1.54, 1.807) is 28.8 Å². The summed E-state index contributed by atoms with van der Waals surface area (Å²) in [4.78, 5) is 15.9. The number of nitrogens with one attached hydrogen (secondary N) is 1. The molecule has 0 atom stereocenters. The molecule has 25 heavy (non-hydrogen) atoms. The maximum atomic E-state index is 13.4. The van der Waals surface area contributed by atoms with Crippen LogP contribution in [0.1, 0.15) is 10.5 Å². The van der Waals surface area contributed by atoms with E-state index in [2.05, 4.69) is 10.3 Å². The van der Waals surface area contributed by atoms with Crippen molar-refractivity contribution in [1.29, 1.82) is 0 Å². The number of benzene rings is 2. The summed E-state index contributed by atoms with van der Waals surface area (Å²) >= 11 is 0. The first-order valence-electron chi connectivity index (χ1n) is 7.52. The maximum Gasteiger partial charge on any atom is 0.270 e. The molecule has 0 unspecified atom stereocenters. The zero-order valence-corrected chi connectivity index (χ0v) is 13.0. The fraction of sp³-hybridized carbons (Fsp3) is 0.111. The van der Waals surface area contributed by atoms with Crippen molar-refractivity contribution in [3.8, 4) is 16.8 Å². The predicted octanol–water partition coefficient (Wildman–Crippen LogP) is 3.52. The highest BCUT2D eigenvalue weighted by Crippen LogP contribution is 2.23. The molecule has 3 aromatic rings. The van der Waals surface area contributed by atoms with E-state index >= 15 is 0 Å². The van der Waals surface area contributed by atoms with Crippen LogP contribution < -0.4 is 5.32 Å². The Morgan fingerprint density at radius 2 is 1.76 bits per heavy atom. The number of rotatable bonds is 5. The molecule has 0 fully saturated rings. The maximum absolute atomic E-state index is 13.4. The fourth-order valence-electron chi connectivity index (χ4n) is 2.41. The molecule has 0 spiro atoms. The van der Waals surface area contributed by atoms with Crippen LogP contribution in [0.15, 0.2) is 55.0 Å². The van der Waals surface area contributed by atoms with Crippen LogP contribution in [0.4, 0.5) is 13.2 Å². The number of nitrogens with zero attached hydrogens (tertiary/aromatic N) is 2. The summed E-state index contributed by atoms with van der Waals surface area (Å²) in [7, 11) is 0. The zero-order valence-electron chi connectivity index (χ0n) is 13.0. The summed E-state index contributed by atoms with van der Waals surface area (Å²) in [5.74, 6) is -2.24. The number of imidazole rings is 1. The van der Waals surface area contributed by atoms with Gasteiger partial charge in [-0.1, -0.05) is 18.2 Å². The van der Waals surface area contributed by atoms with E-state index in [-0.39, 0.29) is 12.2 Å². The molecule has 0 aliphatic carbocycles. The minimum absolute atomic E-state index is 0.0704. The lowest BCUT2D eigenvalue weighted by atomic mass is 10.1. The number of hydrogen-bond acceptors (Lipinski definition) is 2. The zero-order chi connectivity index (χ0) is 17.8. The van der Waals surface area contributed by atoms with Gasteiger partial charge in [-0.05, 0) is 35.4 Å². The molecule has 1 amide bonds. The number of amides is 1. The van der Waals surface area contributed by atoms with E-state index < -0.39 is 24.2 Å². The molecule has 3 rings (SSSR count). The van der Waals surface area contributed by atoms with Crippen molar-refractivity contribution in [2.24, 2.45) is 0 Å². The van der Waals surface area contributed by atoms with Gasteiger partial charge in [-0.3, -0.25) is 9.36 Å². The number of hydrogen-bond donors (Lipinski definition) is 1. The summed E-state index contributed by atoms with van der Waals surface area (Å²) in [6.07, 6.45) is 2.85. The third-order valence-corrected chi connectivity index (χ3v) is 3.65. The largest absolute Gasteiger partial charge is 0.348 e. The van der Waals surface area contributed by atoms with Gasteiger partial charge in [-0.25, -0.2) is 18.2 Å². The van der Waals surface area contributed by atoms with Crippen LogP contribution in [0.2, 0.25) is 0 Å². The second kappa shape index (κ2) is 7.21. The van der Waals surface area contributed by atoms with E-state index in [1.807, 2.05) is 0 Å². The third-order valence-electron chi connectivity index (χ3n) is 3.65. The molecule has 1 heterocycles. The summed E-state index contributed by atoms with van der Waals surface area (Å²) in [5, 5.41) is 2.44. The Hall–Kier alpha value is -3.09. The molecule has 4 nitrogen and oxygen atoms in total. The van der Waals surface area contributed by atoms with Gasteiger partial charge in [-0.15, -0.1) is 0 Å². The number of carbonyl (C=O) groups is 1. The molecule has 1 aromatic heterocycles. The van der Waals surface area contributed by atoms with Crippen LogP contribution in [0.3, 0.4) is 0 Å². The van der Waals surface area contributed by atoms with E-state index in [4.69, 9.17) is 0 Å². The average molecular weight is 345 g/mol. The van der Waals surface area contributed by atoms with Crippen LogP contribution in [-0.2, 0) is 0 Å². The molecule has 0 saturated carbocycles. The molecule has 7 heteroatoms. The summed E-state index contributed by atoms with van der Waals surface area (Å²) < 4.78 is 40.1. The van der Waals surface area contributed by atoms with E-state index in [9.17, 15) is 18.0 Å². The van der Waals surface area contributed by atoms with Crippen molar-refractivity contribution in [3.05, 3.63) is 72.3 Å². The highest BCUT2D eigenvalue weighted by Gasteiger charge is 2.13. The van der Waals surface area contributed by atoms with Crippen LogP contribution in [-0.4, -0.2) is 28.7 Å². The predicted molar refractivity (Wildman–Crippen MR) is 87.2 cm³/mol. The Morgan fingerprint density at radius 3 is 2.44 bits per heavy atom. The number of carbonyl (C=O) groups excluding carboxylic acids is 1. The normalized spacial score (nSPS) is 10.7. The Morgan fingerprint density at radius 1 is 1.04 bits per heavy atom. The van der Waals surface area contributed by atoms with Crippen molar-refractivity contribution in [3.63, 3.8) is 0 Å². The minimum Gasteiger partial charge on any atom is -0.348 e. The summed E-state index contributed by atoms with van der Waals surface area (Å²) in [6.45, 7) is -0.720. The van der Waals surface area contributed by atoms with Crippen molar-refractivity contribution in [2.45, 2.75) is 0 Å². The number of alkyl halides is 1. The topological polar surface area (TPSA) is 46.9 Å². The monoisotopic (exact) mass is 345 g/mol. The van der Waals surface area contributed by atoms with Crippen molar-refractivity contribution in [1.82, 2.24) is 14.9 Å². The smallest absolute Gasteiger partial charge is 0.270 e.